The molecule has 0 N–H and O–H groups in total. The van der Waals surface area contributed by atoms with Gasteiger partial charge >= 0.3 is 9.33 Å². The van der Waals surface area contributed by atoms with Crippen molar-refractivity contribution >= 4 is 31.9 Å². The fraction of sp³-hybridized carbons (Fsp3) is 0.103. The Bertz CT molecular complexity index is 1840. The molecule has 1 aliphatic rings. The smallest absolute Gasteiger partial charge is 0.327 e. The standard InChI is InChI=1S/C29H22ClN5O4S/c30-40(37,38)39-19-23-16-32-20-34(17-23)28-10-2-1-9-26(28)24-7-4-6-22(14-24)18-35-29(36)12-11-27(33-35)25-8-3-5-21(13-25)15-31/h1-14,16-17H,18-20H2. The Hall–Kier alpha value is -4.56. The average molecular weight is 572 g/mol. The molecule has 200 valence electrons. The molecule has 0 saturated heterocycles. The van der Waals surface area contributed by atoms with Gasteiger partial charge < -0.3 is 4.90 Å². The van der Waals surface area contributed by atoms with E-state index in [9.17, 15) is 18.5 Å². The van der Waals surface area contributed by atoms with Crippen LogP contribution < -0.4 is 10.5 Å². The zero-order valence-electron chi connectivity index (χ0n) is 21.0. The largest absolute Gasteiger partial charge is 0.355 e. The molecule has 0 bridgehead atoms. The van der Waals surface area contributed by atoms with Crippen molar-refractivity contribution in [2.45, 2.75) is 6.54 Å². The summed E-state index contributed by atoms with van der Waals surface area (Å²) in [5, 5.41) is 13.8. The van der Waals surface area contributed by atoms with E-state index in [4.69, 9.17) is 14.9 Å². The van der Waals surface area contributed by atoms with E-state index >= 15 is 0 Å². The number of rotatable bonds is 8. The van der Waals surface area contributed by atoms with Crippen LogP contribution in [-0.2, 0) is 20.1 Å². The highest BCUT2D eigenvalue weighted by Gasteiger charge is 2.16. The van der Waals surface area contributed by atoms with Crippen LogP contribution in [0.2, 0.25) is 0 Å². The summed E-state index contributed by atoms with van der Waals surface area (Å²) < 4.78 is 28.5. The van der Waals surface area contributed by atoms with Crippen LogP contribution in [0.25, 0.3) is 22.4 Å². The second kappa shape index (κ2) is 11.7. The highest BCUT2D eigenvalue weighted by Crippen LogP contribution is 2.32. The molecule has 0 amide bonds. The van der Waals surface area contributed by atoms with Gasteiger partial charge in [0.2, 0.25) is 0 Å². The van der Waals surface area contributed by atoms with Gasteiger partial charge in [0.1, 0.15) is 6.67 Å². The van der Waals surface area contributed by atoms with Crippen molar-refractivity contribution in [3.05, 3.63) is 118 Å². The number of hydrogen-bond acceptors (Lipinski definition) is 8. The van der Waals surface area contributed by atoms with Crippen molar-refractivity contribution in [1.82, 2.24) is 9.78 Å². The summed E-state index contributed by atoms with van der Waals surface area (Å²) in [6.07, 6.45) is 3.32. The van der Waals surface area contributed by atoms with Gasteiger partial charge in [0.15, 0.2) is 0 Å². The van der Waals surface area contributed by atoms with Gasteiger partial charge in [-0.05, 0) is 41.5 Å². The van der Waals surface area contributed by atoms with Crippen molar-refractivity contribution in [3.8, 4) is 28.5 Å². The molecule has 40 heavy (non-hydrogen) atoms. The molecule has 4 aromatic rings. The Morgan fingerprint density at radius 1 is 0.975 bits per heavy atom. The lowest BCUT2D eigenvalue weighted by molar-refractivity contribution is 0.364. The van der Waals surface area contributed by atoms with Crippen LogP contribution in [0.3, 0.4) is 0 Å². The highest BCUT2D eigenvalue weighted by molar-refractivity contribution is 8.10. The molecule has 3 aromatic carbocycles. The molecule has 11 heteroatoms. The molecule has 0 unspecified atom stereocenters. The SMILES string of the molecule is N#Cc1cccc(-c2ccc(=O)n(Cc3cccc(-c4ccccc4N4C=C(COS(=O)(=O)Cl)C=NC4)c3)n2)c1. The fourth-order valence-corrected chi connectivity index (χ4v) is 4.73. The van der Waals surface area contributed by atoms with Crippen LogP contribution in [0.4, 0.5) is 5.69 Å². The number of nitriles is 1. The predicted octanol–water partition coefficient (Wildman–Crippen LogP) is 4.73. The second-order valence-electron chi connectivity index (χ2n) is 8.91. The quantitative estimate of drug-likeness (QED) is 0.281. The van der Waals surface area contributed by atoms with Crippen molar-refractivity contribution in [1.29, 1.82) is 5.26 Å². The van der Waals surface area contributed by atoms with E-state index in [0.29, 0.717) is 23.5 Å². The third-order valence-corrected chi connectivity index (χ3v) is 6.78. The van der Waals surface area contributed by atoms with Gasteiger partial charge in [-0.3, -0.25) is 14.0 Å². The first-order valence-corrected chi connectivity index (χ1v) is 14.4. The van der Waals surface area contributed by atoms with E-state index in [0.717, 1.165) is 27.9 Å². The van der Waals surface area contributed by atoms with Crippen LogP contribution in [0.1, 0.15) is 11.1 Å². The maximum absolute atomic E-state index is 12.7. The Morgan fingerprint density at radius 2 is 1.77 bits per heavy atom. The van der Waals surface area contributed by atoms with E-state index in [2.05, 4.69) is 16.2 Å². The van der Waals surface area contributed by atoms with Gasteiger partial charge in [-0.1, -0.05) is 48.5 Å². The average Bonchev–Trinajstić information content (AvgIpc) is 2.97. The summed E-state index contributed by atoms with van der Waals surface area (Å²) in [5.41, 5.74) is 5.74. The number of benzene rings is 3. The minimum Gasteiger partial charge on any atom is -0.327 e. The number of aromatic nitrogens is 2. The highest BCUT2D eigenvalue weighted by atomic mass is 35.7. The molecule has 0 aliphatic carbocycles. The summed E-state index contributed by atoms with van der Waals surface area (Å²) in [4.78, 5) is 18.9. The topological polar surface area (TPSA) is 118 Å². The summed E-state index contributed by atoms with van der Waals surface area (Å²) in [7, 11) is 1.07. The number of halogens is 1. The first-order valence-electron chi connectivity index (χ1n) is 12.1. The monoisotopic (exact) mass is 571 g/mol. The molecule has 0 atom stereocenters. The van der Waals surface area contributed by atoms with Gasteiger partial charge in [0.25, 0.3) is 5.56 Å². The Morgan fingerprint density at radius 3 is 2.60 bits per heavy atom. The lowest BCUT2D eigenvalue weighted by Crippen LogP contribution is -2.23. The maximum Gasteiger partial charge on any atom is 0.355 e. The Kier molecular flexibility index (Phi) is 7.89. The number of hydrogen-bond donors (Lipinski definition) is 0. The molecule has 5 rings (SSSR count). The van der Waals surface area contributed by atoms with Crippen molar-refractivity contribution in [3.63, 3.8) is 0 Å². The first-order chi connectivity index (χ1) is 19.3. The van der Waals surface area contributed by atoms with Crippen LogP contribution in [0, 0.1) is 11.3 Å². The summed E-state index contributed by atoms with van der Waals surface area (Å²) in [5.74, 6) is 0. The second-order valence-corrected chi connectivity index (χ2v) is 11.1. The molecule has 1 aliphatic heterocycles. The number of anilines is 1. The minimum atomic E-state index is -4.10. The molecule has 0 fully saturated rings. The van der Waals surface area contributed by atoms with Crippen molar-refractivity contribution in [2.75, 3.05) is 18.2 Å². The lowest BCUT2D eigenvalue weighted by atomic mass is 10.0. The fourth-order valence-electron chi connectivity index (χ4n) is 4.32. The normalized spacial score (nSPS) is 13.1. The molecular weight excluding hydrogens is 550 g/mol. The molecule has 0 spiro atoms. The van der Waals surface area contributed by atoms with Gasteiger partial charge in [0, 0.05) is 45.9 Å². The molecule has 0 radical (unpaired) electrons. The number of aliphatic imine (C=N–C) groups is 1. The molecule has 2 heterocycles. The van der Waals surface area contributed by atoms with E-state index in [1.54, 1.807) is 36.7 Å². The van der Waals surface area contributed by atoms with Crippen LogP contribution in [0.15, 0.2) is 106 Å². The molecular formula is C29H22ClN5O4S. The van der Waals surface area contributed by atoms with Crippen LogP contribution in [-0.4, -0.2) is 37.7 Å². The van der Waals surface area contributed by atoms with E-state index in [1.165, 1.54) is 10.7 Å². The number of para-hydroxylation sites is 1. The third-order valence-electron chi connectivity index (χ3n) is 6.12. The Balaban J connectivity index is 1.43. The van der Waals surface area contributed by atoms with E-state index in [1.807, 2.05) is 59.5 Å². The van der Waals surface area contributed by atoms with Crippen molar-refractivity contribution < 1.29 is 12.6 Å². The molecule has 0 saturated carbocycles. The first kappa shape index (κ1) is 27.0. The minimum absolute atomic E-state index is 0.231. The third kappa shape index (κ3) is 6.52. The van der Waals surface area contributed by atoms with Crippen LogP contribution in [0.5, 0.6) is 0 Å². The van der Waals surface area contributed by atoms with E-state index in [-0.39, 0.29) is 18.7 Å². The number of nitrogens with zero attached hydrogens (tertiary/aromatic N) is 5. The van der Waals surface area contributed by atoms with Gasteiger partial charge in [-0.2, -0.15) is 18.8 Å². The predicted molar refractivity (Wildman–Crippen MR) is 154 cm³/mol. The Labute approximate surface area is 235 Å². The summed E-state index contributed by atoms with van der Waals surface area (Å²) in [6.45, 7) is 0.362. The molecule has 1 aromatic heterocycles. The zero-order chi connectivity index (χ0) is 28.1. The summed E-state index contributed by atoms with van der Waals surface area (Å²) in [6, 6.07) is 27.9. The maximum atomic E-state index is 12.7. The van der Waals surface area contributed by atoms with Crippen LogP contribution >= 0.6 is 10.7 Å². The zero-order valence-corrected chi connectivity index (χ0v) is 22.6. The summed E-state index contributed by atoms with van der Waals surface area (Å²) >= 11 is 0. The lowest BCUT2D eigenvalue weighted by Gasteiger charge is -2.25. The van der Waals surface area contributed by atoms with Gasteiger partial charge in [-0.15, -0.1) is 0 Å². The molecule has 9 nitrogen and oxygen atoms in total. The van der Waals surface area contributed by atoms with Gasteiger partial charge in [0.05, 0.1) is 36.2 Å². The van der Waals surface area contributed by atoms with E-state index < -0.39 is 9.33 Å². The van der Waals surface area contributed by atoms with Crippen molar-refractivity contribution in [2.24, 2.45) is 4.99 Å². The van der Waals surface area contributed by atoms with Gasteiger partial charge in [-0.25, -0.2) is 4.68 Å².